The van der Waals surface area contributed by atoms with Crippen LogP contribution in [0.1, 0.15) is 6.42 Å². The number of aliphatic hydroxyl groups excluding tert-OH is 2. The Morgan fingerprint density at radius 1 is 1.31 bits per heavy atom. The molecule has 0 saturated heterocycles. The van der Waals surface area contributed by atoms with Crippen molar-refractivity contribution in [2.45, 2.75) is 18.6 Å². The molecule has 0 aliphatic carbocycles. The van der Waals surface area contributed by atoms with E-state index >= 15 is 0 Å². The zero-order chi connectivity index (χ0) is 10.5. The fraction of sp³-hybridized carbons (Fsp3) is 0.833. The van der Waals surface area contributed by atoms with Gasteiger partial charge in [-0.1, -0.05) is 0 Å². The van der Waals surface area contributed by atoms with Gasteiger partial charge in [-0.2, -0.15) is 13.2 Å². The number of carbonyl (C=O) groups is 1. The third-order valence-corrected chi connectivity index (χ3v) is 1.17. The van der Waals surface area contributed by atoms with Gasteiger partial charge in [0, 0.05) is 0 Å². The molecule has 0 aliphatic rings. The highest BCUT2D eigenvalue weighted by molar-refractivity contribution is 5.76. The van der Waals surface area contributed by atoms with Crippen LogP contribution in [0.25, 0.3) is 0 Å². The largest absolute Gasteiger partial charge is 0.397 e. The molecule has 0 aromatic heterocycles. The minimum absolute atomic E-state index is 0.597. The second-order valence-electron chi connectivity index (χ2n) is 2.42. The van der Waals surface area contributed by atoms with E-state index in [1.807, 2.05) is 5.32 Å². The first kappa shape index (κ1) is 12.2. The number of alkyl halides is 3. The summed E-state index contributed by atoms with van der Waals surface area (Å²) in [4.78, 5) is 10.5. The van der Waals surface area contributed by atoms with Crippen LogP contribution in [0, 0.1) is 0 Å². The monoisotopic (exact) mass is 201 g/mol. The molecule has 0 saturated carbocycles. The molecule has 3 N–H and O–H groups in total. The van der Waals surface area contributed by atoms with Gasteiger partial charge in [-0.05, 0) is 0 Å². The molecule has 4 nitrogen and oxygen atoms in total. The number of halogens is 3. The van der Waals surface area contributed by atoms with E-state index in [2.05, 4.69) is 0 Å². The molecule has 78 valence electrons. The van der Waals surface area contributed by atoms with Gasteiger partial charge >= 0.3 is 6.18 Å². The molecule has 0 atom stereocenters. The van der Waals surface area contributed by atoms with Gasteiger partial charge in [0.1, 0.15) is 6.42 Å². The van der Waals surface area contributed by atoms with E-state index in [0.29, 0.717) is 0 Å². The highest BCUT2D eigenvalue weighted by Crippen LogP contribution is 2.18. The molecule has 0 aromatic carbocycles. The van der Waals surface area contributed by atoms with Crippen LogP contribution in [0.15, 0.2) is 0 Å². The van der Waals surface area contributed by atoms with Crippen LogP contribution in [-0.2, 0) is 4.79 Å². The van der Waals surface area contributed by atoms with Crippen LogP contribution in [0.5, 0.6) is 0 Å². The van der Waals surface area contributed by atoms with Crippen molar-refractivity contribution >= 4 is 5.91 Å². The summed E-state index contributed by atoms with van der Waals surface area (Å²) in [5.41, 5.74) is 0. The van der Waals surface area contributed by atoms with Crippen LogP contribution in [0.4, 0.5) is 13.2 Å². The number of amides is 1. The number of rotatable bonds is 4. The van der Waals surface area contributed by atoms with E-state index in [0.717, 1.165) is 0 Å². The second-order valence-corrected chi connectivity index (χ2v) is 2.42. The Bertz CT molecular complexity index is 167. The fourth-order valence-corrected chi connectivity index (χ4v) is 0.610. The normalized spacial score (nSPS) is 11.8. The van der Waals surface area contributed by atoms with Crippen LogP contribution < -0.4 is 5.32 Å². The third-order valence-electron chi connectivity index (χ3n) is 1.17. The summed E-state index contributed by atoms with van der Waals surface area (Å²) in [6.45, 7) is -1.19. The number of carbonyl (C=O) groups excluding carboxylic acids is 1. The standard InChI is InChI=1S/C6H10F3NO3/c7-6(8,9)1-5(13)10-4(2-11)3-12/h4,11-12H,1-3H2,(H,10,13). The van der Waals surface area contributed by atoms with Crippen molar-refractivity contribution < 1.29 is 28.2 Å². The maximum Gasteiger partial charge on any atom is 0.397 e. The first-order valence-corrected chi connectivity index (χ1v) is 3.47. The average molecular weight is 201 g/mol. The van der Waals surface area contributed by atoms with Crippen molar-refractivity contribution in [1.82, 2.24) is 5.32 Å². The average Bonchev–Trinajstić information content (AvgIpc) is 1.96. The topological polar surface area (TPSA) is 69.6 Å². The summed E-state index contributed by atoms with van der Waals surface area (Å²) < 4.78 is 34.7. The Hall–Kier alpha value is -0.820. The van der Waals surface area contributed by atoms with Crippen LogP contribution in [-0.4, -0.2) is 41.6 Å². The highest BCUT2D eigenvalue weighted by atomic mass is 19.4. The van der Waals surface area contributed by atoms with Gasteiger partial charge in [-0.25, -0.2) is 0 Å². The molecule has 0 heterocycles. The summed E-state index contributed by atoms with van der Waals surface area (Å²) in [5, 5.41) is 18.6. The van der Waals surface area contributed by atoms with E-state index in [1.54, 1.807) is 0 Å². The SMILES string of the molecule is O=C(CC(F)(F)F)NC(CO)CO. The van der Waals surface area contributed by atoms with E-state index < -0.39 is 37.8 Å². The molecule has 0 fully saturated rings. The quantitative estimate of drug-likeness (QED) is 0.569. The third kappa shape index (κ3) is 6.35. The molecule has 0 bridgehead atoms. The molecular formula is C6H10F3NO3. The maximum absolute atomic E-state index is 11.6. The van der Waals surface area contributed by atoms with E-state index in [-0.39, 0.29) is 0 Å². The lowest BCUT2D eigenvalue weighted by Crippen LogP contribution is -2.41. The zero-order valence-electron chi connectivity index (χ0n) is 6.64. The van der Waals surface area contributed by atoms with E-state index in [9.17, 15) is 18.0 Å². The minimum Gasteiger partial charge on any atom is -0.394 e. The van der Waals surface area contributed by atoms with Crippen molar-refractivity contribution in [3.63, 3.8) is 0 Å². The van der Waals surface area contributed by atoms with Crippen molar-refractivity contribution in [1.29, 1.82) is 0 Å². The Morgan fingerprint density at radius 3 is 2.08 bits per heavy atom. The first-order valence-electron chi connectivity index (χ1n) is 3.47. The van der Waals surface area contributed by atoms with Gasteiger partial charge in [-0.3, -0.25) is 4.79 Å². The summed E-state index contributed by atoms with van der Waals surface area (Å²) in [6.07, 6.45) is -6.18. The predicted octanol–water partition coefficient (Wildman–Crippen LogP) is -0.592. The zero-order valence-corrected chi connectivity index (χ0v) is 6.64. The van der Waals surface area contributed by atoms with Gasteiger partial charge in [0.05, 0.1) is 19.3 Å². The Morgan fingerprint density at radius 2 is 1.77 bits per heavy atom. The highest BCUT2D eigenvalue weighted by Gasteiger charge is 2.31. The molecular weight excluding hydrogens is 191 g/mol. The molecule has 0 aromatic rings. The van der Waals surface area contributed by atoms with Crippen molar-refractivity contribution in [3.05, 3.63) is 0 Å². The van der Waals surface area contributed by atoms with E-state index in [1.165, 1.54) is 0 Å². The smallest absolute Gasteiger partial charge is 0.394 e. The predicted molar refractivity (Wildman–Crippen MR) is 36.8 cm³/mol. The van der Waals surface area contributed by atoms with Gasteiger partial charge in [0.2, 0.25) is 5.91 Å². The molecule has 0 aliphatic heterocycles. The molecule has 0 unspecified atom stereocenters. The minimum atomic E-state index is -4.57. The number of hydrogen-bond acceptors (Lipinski definition) is 3. The van der Waals surface area contributed by atoms with Gasteiger partial charge in [0.25, 0.3) is 0 Å². The van der Waals surface area contributed by atoms with Crippen molar-refractivity contribution in [2.24, 2.45) is 0 Å². The summed E-state index contributed by atoms with van der Waals surface area (Å²) in [5.74, 6) is -1.26. The van der Waals surface area contributed by atoms with Gasteiger partial charge < -0.3 is 15.5 Å². The van der Waals surface area contributed by atoms with Crippen LogP contribution >= 0.6 is 0 Å². The maximum atomic E-state index is 11.6. The number of aliphatic hydroxyl groups is 2. The van der Waals surface area contributed by atoms with Crippen molar-refractivity contribution in [2.75, 3.05) is 13.2 Å². The Labute approximate surface area is 72.4 Å². The fourth-order valence-electron chi connectivity index (χ4n) is 0.610. The summed E-state index contributed by atoms with van der Waals surface area (Å²) in [7, 11) is 0. The van der Waals surface area contributed by atoms with Crippen LogP contribution in [0.2, 0.25) is 0 Å². The Balaban J connectivity index is 3.86. The lowest BCUT2D eigenvalue weighted by Gasteiger charge is -2.13. The summed E-state index contributed by atoms with van der Waals surface area (Å²) in [6, 6.07) is -1.03. The number of nitrogens with one attached hydrogen (secondary N) is 1. The molecule has 0 rings (SSSR count). The summed E-state index contributed by atoms with van der Waals surface area (Å²) >= 11 is 0. The van der Waals surface area contributed by atoms with Gasteiger partial charge in [-0.15, -0.1) is 0 Å². The molecule has 7 heteroatoms. The van der Waals surface area contributed by atoms with E-state index in [4.69, 9.17) is 10.2 Å². The molecule has 0 radical (unpaired) electrons. The lowest BCUT2D eigenvalue weighted by molar-refractivity contribution is -0.154. The Kier molecular flexibility index (Phi) is 4.71. The van der Waals surface area contributed by atoms with Crippen LogP contribution in [0.3, 0.4) is 0 Å². The number of hydrogen-bond donors (Lipinski definition) is 3. The second kappa shape index (κ2) is 5.03. The first-order chi connectivity index (χ1) is 5.89. The lowest BCUT2D eigenvalue weighted by atomic mass is 10.3. The molecule has 13 heavy (non-hydrogen) atoms. The molecule has 0 spiro atoms. The molecule has 1 amide bonds. The van der Waals surface area contributed by atoms with Gasteiger partial charge in [0.15, 0.2) is 0 Å². The van der Waals surface area contributed by atoms with Crippen molar-refractivity contribution in [3.8, 4) is 0 Å².